The zero-order chi connectivity index (χ0) is 17.5. The Hall–Kier alpha value is -1.40. The van der Waals surface area contributed by atoms with Crippen LogP contribution >= 0.6 is 46.6 Å². The minimum absolute atomic E-state index is 0.0221. The second-order valence-corrected chi connectivity index (χ2v) is 6.88. The molecule has 2 rings (SSSR count). The van der Waals surface area contributed by atoms with E-state index < -0.39 is 11.9 Å². The minimum atomic E-state index is -0.526. The lowest BCUT2D eigenvalue weighted by Gasteiger charge is -2.07. The van der Waals surface area contributed by atoms with E-state index in [9.17, 15) is 9.59 Å². The highest BCUT2D eigenvalue weighted by Gasteiger charge is 2.10. The summed E-state index contributed by atoms with van der Waals surface area (Å²) in [5, 5.41) is 4.18. The van der Waals surface area contributed by atoms with Gasteiger partial charge in [0, 0.05) is 20.6 Å². The Kier molecular flexibility index (Phi) is 7.24. The first-order valence-electron chi connectivity index (χ1n) is 6.73. The first kappa shape index (κ1) is 18.9. The van der Waals surface area contributed by atoms with E-state index in [1.165, 1.54) is 11.8 Å². The van der Waals surface area contributed by atoms with Gasteiger partial charge in [0.25, 0.3) is 5.91 Å². The number of hydrogen-bond donors (Lipinski definition) is 1. The maximum atomic E-state index is 11.7. The predicted molar refractivity (Wildman–Crippen MR) is 98.2 cm³/mol. The van der Waals surface area contributed by atoms with Gasteiger partial charge >= 0.3 is 5.97 Å². The van der Waals surface area contributed by atoms with Crippen LogP contribution in [0.15, 0.2) is 47.4 Å². The van der Waals surface area contributed by atoms with Crippen LogP contribution < -0.4 is 5.32 Å². The van der Waals surface area contributed by atoms with Crippen LogP contribution in [0.1, 0.15) is 0 Å². The number of carbonyl (C=O) groups excluding carboxylic acids is 2. The first-order valence-corrected chi connectivity index (χ1v) is 8.85. The lowest BCUT2D eigenvalue weighted by Crippen LogP contribution is -2.21. The average Bonchev–Trinajstić information content (AvgIpc) is 2.56. The molecule has 0 saturated carbocycles. The summed E-state index contributed by atoms with van der Waals surface area (Å²) in [5.41, 5.74) is 0.570. The maximum absolute atomic E-state index is 11.7. The molecule has 1 N–H and O–H groups in total. The summed E-state index contributed by atoms with van der Waals surface area (Å²) in [6.07, 6.45) is 0. The van der Waals surface area contributed by atoms with Crippen molar-refractivity contribution in [3.05, 3.63) is 57.5 Å². The number of halogens is 3. The molecule has 1 amide bonds. The number of anilines is 1. The number of hydrogen-bond acceptors (Lipinski definition) is 4. The van der Waals surface area contributed by atoms with Gasteiger partial charge in [-0.05, 0) is 42.5 Å². The number of esters is 1. The number of thioether (sulfide) groups is 1. The number of rotatable bonds is 6. The van der Waals surface area contributed by atoms with Crippen molar-refractivity contribution in [1.29, 1.82) is 0 Å². The van der Waals surface area contributed by atoms with E-state index in [0.29, 0.717) is 25.7 Å². The third kappa shape index (κ3) is 6.24. The summed E-state index contributed by atoms with van der Waals surface area (Å²) in [5.74, 6) is -0.937. The van der Waals surface area contributed by atoms with Gasteiger partial charge in [-0.2, -0.15) is 0 Å². The topological polar surface area (TPSA) is 55.4 Å². The second kappa shape index (κ2) is 9.18. The largest absolute Gasteiger partial charge is 0.455 e. The molecule has 0 radical (unpaired) electrons. The summed E-state index contributed by atoms with van der Waals surface area (Å²) in [6, 6.07) is 11.6. The molecule has 0 aromatic heterocycles. The molecule has 0 unspecified atom stereocenters. The van der Waals surface area contributed by atoms with Gasteiger partial charge in [-0.1, -0.05) is 34.8 Å². The van der Waals surface area contributed by atoms with E-state index in [4.69, 9.17) is 39.5 Å². The van der Waals surface area contributed by atoms with Crippen LogP contribution in [0.3, 0.4) is 0 Å². The van der Waals surface area contributed by atoms with Gasteiger partial charge in [0.15, 0.2) is 6.61 Å². The molecule has 126 valence electrons. The SMILES string of the molecule is O=C(COC(=O)CSc1cc(Cl)ccc1Cl)Nc1ccc(Cl)cc1. The number of nitrogens with one attached hydrogen (secondary N) is 1. The fourth-order valence-electron chi connectivity index (χ4n) is 1.64. The summed E-state index contributed by atoms with van der Waals surface area (Å²) in [7, 11) is 0. The third-order valence-electron chi connectivity index (χ3n) is 2.73. The molecular weight excluding hydrogens is 393 g/mol. The molecule has 0 atom stereocenters. The Bertz CT molecular complexity index is 738. The van der Waals surface area contributed by atoms with Crippen LogP contribution in [-0.2, 0) is 14.3 Å². The second-order valence-electron chi connectivity index (χ2n) is 4.58. The van der Waals surface area contributed by atoms with Crippen LogP contribution in [0, 0.1) is 0 Å². The van der Waals surface area contributed by atoms with Crippen molar-refractivity contribution in [2.45, 2.75) is 4.90 Å². The van der Waals surface area contributed by atoms with Crippen molar-refractivity contribution in [1.82, 2.24) is 0 Å². The van der Waals surface area contributed by atoms with Crippen molar-refractivity contribution in [2.75, 3.05) is 17.7 Å². The summed E-state index contributed by atoms with van der Waals surface area (Å²) in [6.45, 7) is -0.370. The molecule has 0 spiro atoms. The Labute approximate surface area is 158 Å². The predicted octanol–water partition coefficient (Wildman–Crippen LogP) is 4.92. The first-order chi connectivity index (χ1) is 11.4. The average molecular weight is 405 g/mol. The van der Waals surface area contributed by atoms with Crippen molar-refractivity contribution >= 4 is 64.1 Å². The Morgan fingerprint density at radius 3 is 2.38 bits per heavy atom. The van der Waals surface area contributed by atoms with E-state index in [-0.39, 0.29) is 12.4 Å². The molecule has 0 aliphatic heterocycles. The van der Waals surface area contributed by atoms with Gasteiger partial charge in [0.05, 0.1) is 10.8 Å². The van der Waals surface area contributed by atoms with Gasteiger partial charge in [-0.15, -0.1) is 11.8 Å². The fourth-order valence-corrected chi connectivity index (χ4v) is 3.06. The molecule has 2 aromatic rings. The van der Waals surface area contributed by atoms with Crippen LogP contribution in [0.25, 0.3) is 0 Å². The summed E-state index contributed by atoms with van der Waals surface area (Å²) in [4.78, 5) is 24.1. The Morgan fingerprint density at radius 1 is 1.00 bits per heavy atom. The molecule has 2 aromatic carbocycles. The van der Waals surface area contributed by atoms with E-state index in [1.54, 1.807) is 42.5 Å². The summed E-state index contributed by atoms with van der Waals surface area (Å²) >= 11 is 18.8. The summed E-state index contributed by atoms with van der Waals surface area (Å²) < 4.78 is 4.92. The number of carbonyl (C=O) groups is 2. The molecule has 0 saturated heterocycles. The molecule has 0 heterocycles. The fraction of sp³-hybridized carbons (Fsp3) is 0.125. The standard InChI is InChI=1S/C16H12Cl3NO3S/c17-10-1-4-12(5-2-10)20-15(21)8-23-16(22)9-24-14-7-11(18)3-6-13(14)19/h1-7H,8-9H2,(H,20,21). The van der Waals surface area contributed by atoms with Gasteiger partial charge < -0.3 is 10.1 Å². The molecule has 4 nitrogen and oxygen atoms in total. The maximum Gasteiger partial charge on any atom is 0.316 e. The van der Waals surface area contributed by atoms with Crippen molar-refractivity contribution in [3.63, 3.8) is 0 Å². The third-order valence-corrected chi connectivity index (χ3v) is 4.69. The van der Waals surface area contributed by atoms with Gasteiger partial charge in [0.2, 0.25) is 0 Å². The molecule has 0 aliphatic rings. The van der Waals surface area contributed by atoms with Crippen molar-refractivity contribution in [2.24, 2.45) is 0 Å². The molecular formula is C16H12Cl3NO3S. The van der Waals surface area contributed by atoms with Gasteiger partial charge in [-0.3, -0.25) is 9.59 Å². The van der Waals surface area contributed by atoms with E-state index in [1.807, 2.05) is 0 Å². The Morgan fingerprint density at radius 2 is 1.67 bits per heavy atom. The molecule has 24 heavy (non-hydrogen) atoms. The number of ether oxygens (including phenoxy) is 1. The lowest BCUT2D eigenvalue weighted by atomic mass is 10.3. The molecule has 0 aliphatic carbocycles. The quantitative estimate of drug-likeness (QED) is 0.548. The van der Waals surface area contributed by atoms with Crippen LogP contribution in [0.5, 0.6) is 0 Å². The van der Waals surface area contributed by atoms with Crippen molar-refractivity contribution < 1.29 is 14.3 Å². The van der Waals surface area contributed by atoms with Gasteiger partial charge in [0.1, 0.15) is 0 Å². The Balaban J connectivity index is 1.75. The molecule has 0 fully saturated rings. The zero-order valence-electron chi connectivity index (χ0n) is 12.2. The highest BCUT2D eigenvalue weighted by atomic mass is 35.5. The van der Waals surface area contributed by atoms with Gasteiger partial charge in [-0.25, -0.2) is 0 Å². The van der Waals surface area contributed by atoms with E-state index in [0.717, 1.165) is 0 Å². The highest BCUT2D eigenvalue weighted by molar-refractivity contribution is 8.00. The van der Waals surface area contributed by atoms with Crippen LogP contribution in [0.2, 0.25) is 15.1 Å². The number of benzene rings is 2. The highest BCUT2D eigenvalue weighted by Crippen LogP contribution is 2.29. The van der Waals surface area contributed by atoms with E-state index >= 15 is 0 Å². The van der Waals surface area contributed by atoms with Crippen LogP contribution in [0.4, 0.5) is 5.69 Å². The molecule has 8 heteroatoms. The monoisotopic (exact) mass is 403 g/mol. The minimum Gasteiger partial charge on any atom is -0.455 e. The zero-order valence-corrected chi connectivity index (χ0v) is 15.3. The number of amides is 1. The van der Waals surface area contributed by atoms with Crippen LogP contribution in [-0.4, -0.2) is 24.2 Å². The molecule has 0 bridgehead atoms. The van der Waals surface area contributed by atoms with E-state index in [2.05, 4.69) is 5.32 Å². The lowest BCUT2D eigenvalue weighted by molar-refractivity contribution is -0.144. The van der Waals surface area contributed by atoms with Crippen molar-refractivity contribution in [3.8, 4) is 0 Å². The normalized spacial score (nSPS) is 10.3. The smallest absolute Gasteiger partial charge is 0.316 e.